The van der Waals surface area contributed by atoms with Gasteiger partial charge in [0, 0.05) is 13.1 Å². The Morgan fingerprint density at radius 1 is 1.33 bits per heavy atom. The van der Waals surface area contributed by atoms with Gasteiger partial charge in [-0.25, -0.2) is 13.1 Å². The summed E-state index contributed by atoms with van der Waals surface area (Å²) in [7, 11) is -3.17. The van der Waals surface area contributed by atoms with Crippen molar-refractivity contribution in [3.8, 4) is 0 Å². The van der Waals surface area contributed by atoms with E-state index >= 15 is 0 Å². The lowest BCUT2D eigenvalue weighted by Crippen LogP contribution is -2.45. The molecule has 0 aromatic carbocycles. The first-order valence-electron chi connectivity index (χ1n) is 6.43. The zero-order valence-corrected chi connectivity index (χ0v) is 11.4. The summed E-state index contributed by atoms with van der Waals surface area (Å²) in [6, 6.07) is -0.0873. The summed E-state index contributed by atoms with van der Waals surface area (Å²) in [4.78, 5) is 12.0. The number of rotatable bonds is 5. The van der Waals surface area contributed by atoms with Crippen LogP contribution in [0.3, 0.4) is 0 Å². The fourth-order valence-corrected chi connectivity index (χ4v) is 3.48. The molecule has 3 atom stereocenters. The van der Waals surface area contributed by atoms with Crippen molar-refractivity contribution in [3.63, 3.8) is 0 Å². The Hall–Kier alpha value is -0.660. The summed E-state index contributed by atoms with van der Waals surface area (Å²) in [5.41, 5.74) is 0. The highest BCUT2D eigenvalue weighted by Crippen LogP contribution is 2.37. The van der Waals surface area contributed by atoms with Crippen LogP contribution in [0, 0.1) is 11.8 Å². The smallest absolute Gasteiger partial charge is 0.237 e. The third kappa shape index (κ3) is 3.43. The van der Waals surface area contributed by atoms with Gasteiger partial charge < -0.3 is 10.6 Å². The molecule has 0 aromatic heterocycles. The normalized spacial score (nSPS) is 31.3. The zero-order chi connectivity index (χ0) is 13.2. The zero-order valence-electron chi connectivity index (χ0n) is 10.6. The average molecular weight is 275 g/mol. The van der Waals surface area contributed by atoms with Crippen LogP contribution in [0.15, 0.2) is 0 Å². The van der Waals surface area contributed by atoms with Crippen molar-refractivity contribution in [2.24, 2.45) is 11.8 Å². The highest BCUT2D eigenvalue weighted by atomic mass is 32.2. The Kier molecular flexibility index (Phi) is 4.24. The highest BCUT2D eigenvalue weighted by molar-refractivity contribution is 7.88. The monoisotopic (exact) mass is 275 g/mol. The molecule has 104 valence electrons. The molecule has 3 unspecified atom stereocenters. The fourth-order valence-electron chi connectivity index (χ4n) is 3.01. The molecule has 7 heteroatoms. The summed E-state index contributed by atoms with van der Waals surface area (Å²) in [5, 5.41) is 6.05. The maximum Gasteiger partial charge on any atom is 0.237 e. The molecule has 1 saturated heterocycles. The standard InChI is InChI=1S/C11H21N3O3S/c1-18(16,17)14-6-5-12-11(15)10-9-4-2-3-8(9)7-13-10/h8-10,13-14H,2-7H2,1H3,(H,12,15). The third-order valence-electron chi connectivity index (χ3n) is 3.82. The van der Waals surface area contributed by atoms with E-state index in [9.17, 15) is 13.2 Å². The van der Waals surface area contributed by atoms with Crippen LogP contribution in [-0.4, -0.2) is 46.3 Å². The predicted molar refractivity (Wildman–Crippen MR) is 68.5 cm³/mol. The van der Waals surface area contributed by atoms with Gasteiger partial charge >= 0.3 is 0 Å². The van der Waals surface area contributed by atoms with Crippen molar-refractivity contribution < 1.29 is 13.2 Å². The van der Waals surface area contributed by atoms with E-state index in [2.05, 4.69) is 15.4 Å². The van der Waals surface area contributed by atoms with Gasteiger partial charge in [-0.15, -0.1) is 0 Å². The van der Waals surface area contributed by atoms with Gasteiger partial charge in [0.25, 0.3) is 0 Å². The number of hydrogen-bond donors (Lipinski definition) is 3. The minimum absolute atomic E-state index is 0.000277. The second kappa shape index (κ2) is 5.54. The number of carbonyl (C=O) groups excluding carboxylic acids is 1. The summed E-state index contributed by atoms with van der Waals surface area (Å²) < 4.78 is 24.0. The number of sulfonamides is 1. The van der Waals surface area contributed by atoms with Crippen LogP contribution in [0.1, 0.15) is 19.3 Å². The van der Waals surface area contributed by atoms with Gasteiger partial charge in [-0.1, -0.05) is 6.42 Å². The number of carbonyl (C=O) groups is 1. The molecule has 1 aliphatic carbocycles. The van der Waals surface area contributed by atoms with E-state index in [0.29, 0.717) is 18.4 Å². The molecular formula is C11H21N3O3S. The van der Waals surface area contributed by atoms with Crippen molar-refractivity contribution in [1.82, 2.24) is 15.4 Å². The van der Waals surface area contributed by atoms with Gasteiger partial charge in [0.1, 0.15) is 0 Å². The van der Waals surface area contributed by atoms with E-state index in [0.717, 1.165) is 19.2 Å². The van der Waals surface area contributed by atoms with E-state index in [1.165, 1.54) is 12.8 Å². The molecule has 2 rings (SSSR count). The maximum atomic E-state index is 12.0. The number of amides is 1. The first-order chi connectivity index (χ1) is 8.47. The van der Waals surface area contributed by atoms with E-state index in [1.54, 1.807) is 0 Å². The molecular weight excluding hydrogens is 254 g/mol. The van der Waals surface area contributed by atoms with Gasteiger partial charge in [0.2, 0.25) is 15.9 Å². The molecule has 3 N–H and O–H groups in total. The summed E-state index contributed by atoms with van der Waals surface area (Å²) in [6.45, 7) is 1.51. The minimum Gasteiger partial charge on any atom is -0.353 e. The van der Waals surface area contributed by atoms with E-state index in [4.69, 9.17) is 0 Å². The lowest BCUT2D eigenvalue weighted by Gasteiger charge is -2.17. The second-order valence-electron chi connectivity index (χ2n) is 5.20. The van der Waals surface area contributed by atoms with Gasteiger partial charge in [-0.05, 0) is 31.2 Å². The van der Waals surface area contributed by atoms with Crippen LogP contribution in [0.5, 0.6) is 0 Å². The van der Waals surface area contributed by atoms with E-state index in [1.807, 2.05) is 0 Å². The molecule has 6 nitrogen and oxygen atoms in total. The van der Waals surface area contributed by atoms with Crippen molar-refractivity contribution in [3.05, 3.63) is 0 Å². The first-order valence-corrected chi connectivity index (χ1v) is 8.32. The van der Waals surface area contributed by atoms with Crippen LogP contribution in [0.2, 0.25) is 0 Å². The van der Waals surface area contributed by atoms with Crippen LogP contribution >= 0.6 is 0 Å². The Balaban J connectivity index is 1.72. The minimum atomic E-state index is -3.17. The molecule has 0 aromatic rings. The average Bonchev–Trinajstić information content (AvgIpc) is 2.83. The van der Waals surface area contributed by atoms with Crippen molar-refractivity contribution in [1.29, 1.82) is 0 Å². The Morgan fingerprint density at radius 3 is 2.83 bits per heavy atom. The summed E-state index contributed by atoms with van der Waals surface area (Å²) in [5.74, 6) is 1.11. The van der Waals surface area contributed by atoms with Gasteiger partial charge in [-0.3, -0.25) is 4.79 Å². The molecule has 1 amide bonds. The largest absolute Gasteiger partial charge is 0.353 e. The molecule has 18 heavy (non-hydrogen) atoms. The van der Waals surface area contributed by atoms with Gasteiger partial charge in [0.05, 0.1) is 12.3 Å². The molecule has 0 spiro atoms. The summed E-state index contributed by atoms with van der Waals surface area (Å²) >= 11 is 0. The molecule has 2 aliphatic rings. The number of nitrogens with one attached hydrogen (secondary N) is 3. The Bertz CT molecular complexity index is 410. The lowest BCUT2D eigenvalue weighted by atomic mass is 9.94. The first kappa shape index (κ1) is 13.8. The van der Waals surface area contributed by atoms with Crippen LogP contribution < -0.4 is 15.4 Å². The predicted octanol–water partition coefficient (Wildman–Crippen LogP) is -0.960. The van der Waals surface area contributed by atoms with Gasteiger partial charge in [-0.2, -0.15) is 0 Å². The fraction of sp³-hybridized carbons (Fsp3) is 0.909. The lowest BCUT2D eigenvalue weighted by molar-refractivity contribution is -0.123. The molecule has 1 aliphatic heterocycles. The molecule has 1 heterocycles. The Labute approximate surface area is 108 Å². The van der Waals surface area contributed by atoms with Gasteiger partial charge in [0.15, 0.2) is 0 Å². The van der Waals surface area contributed by atoms with Crippen LogP contribution in [0.4, 0.5) is 0 Å². The summed E-state index contributed by atoms with van der Waals surface area (Å²) in [6.07, 6.45) is 4.67. The number of fused-ring (bicyclic) bond motifs is 1. The van der Waals surface area contributed by atoms with Crippen molar-refractivity contribution in [2.45, 2.75) is 25.3 Å². The van der Waals surface area contributed by atoms with Crippen molar-refractivity contribution >= 4 is 15.9 Å². The third-order valence-corrected chi connectivity index (χ3v) is 4.55. The molecule has 2 fully saturated rings. The van der Waals surface area contributed by atoms with Crippen LogP contribution in [0.25, 0.3) is 0 Å². The molecule has 1 saturated carbocycles. The van der Waals surface area contributed by atoms with Crippen LogP contribution in [-0.2, 0) is 14.8 Å². The second-order valence-corrected chi connectivity index (χ2v) is 7.03. The van der Waals surface area contributed by atoms with E-state index in [-0.39, 0.29) is 18.5 Å². The molecule has 0 radical (unpaired) electrons. The maximum absolute atomic E-state index is 12.0. The van der Waals surface area contributed by atoms with E-state index < -0.39 is 10.0 Å². The Morgan fingerprint density at radius 2 is 2.11 bits per heavy atom. The highest BCUT2D eigenvalue weighted by Gasteiger charge is 2.42. The quantitative estimate of drug-likeness (QED) is 0.564. The van der Waals surface area contributed by atoms with Crippen molar-refractivity contribution in [2.75, 3.05) is 25.9 Å². The SMILES string of the molecule is CS(=O)(=O)NCCNC(=O)C1NCC2CCCC21. The topological polar surface area (TPSA) is 87.3 Å². The number of hydrogen-bond acceptors (Lipinski definition) is 4. The molecule has 0 bridgehead atoms.